The van der Waals surface area contributed by atoms with Crippen LogP contribution in [0.3, 0.4) is 0 Å². The number of carboxylic acid groups (broad SMARTS) is 2. The van der Waals surface area contributed by atoms with E-state index in [1.165, 1.54) is 4.88 Å². The van der Waals surface area contributed by atoms with Gasteiger partial charge in [0.15, 0.2) is 0 Å². The lowest BCUT2D eigenvalue weighted by Gasteiger charge is -2.42. The van der Waals surface area contributed by atoms with Crippen LogP contribution in [0.1, 0.15) is 24.1 Å². The lowest BCUT2D eigenvalue weighted by atomic mass is 9.92. The summed E-state index contributed by atoms with van der Waals surface area (Å²) in [6, 6.07) is 6.24. The molecule has 0 bridgehead atoms. The molecule has 2 aliphatic rings. The summed E-state index contributed by atoms with van der Waals surface area (Å²) in [6.45, 7) is 5.94. The van der Waals surface area contributed by atoms with Crippen molar-refractivity contribution < 1.29 is 50.9 Å². The minimum Gasteiger partial charge on any atom is -0.475 e. The topological polar surface area (TPSA) is 116 Å². The molecule has 2 aromatic rings. The molecular formula is C22H26F6N4O5S. The summed E-state index contributed by atoms with van der Waals surface area (Å²) < 4.78 is 69.8. The second-order valence-electron chi connectivity index (χ2n) is 8.32. The van der Waals surface area contributed by atoms with Crippen LogP contribution in [-0.4, -0.2) is 87.8 Å². The van der Waals surface area contributed by atoms with Gasteiger partial charge in [0.25, 0.3) is 0 Å². The van der Waals surface area contributed by atoms with Gasteiger partial charge in [-0.25, -0.2) is 19.6 Å². The summed E-state index contributed by atoms with van der Waals surface area (Å²) in [7, 11) is 0. The summed E-state index contributed by atoms with van der Waals surface area (Å²) in [6.07, 6.45) is -3.22. The summed E-state index contributed by atoms with van der Waals surface area (Å²) in [4.78, 5) is 32.9. The van der Waals surface area contributed by atoms with Gasteiger partial charge in [0.05, 0.1) is 12.2 Å². The van der Waals surface area contributed by atoms with E-state index in [0.717, 1.165) is 64.5 Å². The van der Waals surface area contributed by atoms with E-state index in [1.54, 1.807) is 0 Å². The van der Waals surface area contributed by atoms with Crippen LogP contribution >= 0.6 is 11.3 Å². The van der Waals surface area contributed by atoms with Crippen LogP contribution in [0.5, 0.6) is 0 Å². The van der Waals surface area contributed by atoms with Crippen molar-refractivity contribution in [3.63, 3.8) is 0 Å². The van der Waals surface area contributed by atoms with E-state index < -0.39 is 24.3 Å². The Morgan fingerprint density at radius 3 is 2.11 bits per heavy atom. The molecule has 38 heavy (non-hydrogen) atoms. The average Bonchev–Trinajstić information content (AvgIpc) is 3.26. The van der Waals surface area contributed by atoms with Gasteiger partial charge in [0.2, 0.25) is 5.95 Å². The molecule has 0 saturated carbocycles. The number of halogens is 6. The first-order chi connectivity index (χ1) is 17.7. The number of aliphatic carboxylic acids is 2. The average molecular weight is 573 g/mol. The van der Waals surface area contributed by atoms with E-state index in [0.29, 0.717) is 0 Å². The van der Waals surface area contributed by atoms with Crippen LogP contribution in [0.2, 0.25) is 0 Å². The number of morpholine rings is 1. The van der Waals surface area contributed by atoms with Crippen molar-refractivity contribution in [3.05, 3.63) is 40.8 Å². The van der Waals surface area contributed by atoms with Crippen molar-refractivity contribution >= 4 is 29.2 Å². The molecule has 1 atom stereocenters. The van der Waals surface area contributed by atoms with E-state index in [4.69, 9.17) is 24.5 Å². The van der Waals surface area contributed by atoms with Crippen molar-refractivity contribution in [1.82, 2.24) is 14.9 Å². The van der Waals surface area contributed by atoms with Crippen molar-refractivity contribution in [2.45, 2.75) is 43.8 Å². The number of aromatic nitrogens is 2. The van der Waals surface area contributed by atoms with E-state index in [9.17, 15) is 26.3 Å². The lowest BCUT2D eigenvalue weighted by molar-refractivity contribution is -0.193. The minimum atomic E-state index is -5.08. The molecular weight excluding hydrogens is 546 g/mol. The van der Waals surface area contributed by atoms with E-state index in [2.05, 4.69) is 37.3 Å². The van der Waals surface area contributed by atoms with Gasteiger partial charge in [-0.05, 0) is 36.8 Å². The Bertz CT molecular complexity index is 986. The maximum absolute atomic E-state index is 10.6. The van der Waals surface area contributed by atoms with E-state index in [1.807, 2.05) is 29.8 Å². The molecule has 16 heteroatoms. The standard InChI is InChI=1S/C18H24N4OS.2C2HF3O2/c1-4-16(24-13-1)14-21-11-12-23-18(15-21)5-2-9-22(10-6-18)17-19-7-3-8-20-17;2*3-2(4,5)1(6)7/h1,3-4,7-8,13H,2,5-6,9-12,14-15H2;2*(H,6,7). The molecule has 2 aromatic heterocycles. The number of carboxylic acids is 2. The molecule has 0 aromatic carbocycles. The summed E-state index contributed by atoms with van der Waals surface area (Å²) in [5.41, 5.74) is -0.000952. The van der Waals surface area contributed by atoms with Crippen molar-refractivity contribution in [3.8, 4) is 0 Å². The van der Waals surface area contributed by atoms with Gasteiger partial charge in [0, 0.05) is 50.0 Å². The van der Waals surface area contributed by atoms with Gasteiger partial charge in [0.1, 0.15) is 0 Å². The first kappa shape index (κ1) is 31.2. The zero-order valence-corrected chi connectivity index (χ0v) is 20.7. The second kappa shape index (κ2) is 13.7. The van der Waals surface area contributed by atoms with Crippen LogP contribution in [0.25, 0.3) is 0 Å². The zero-order valence-electron chi connectivity index (χ0n) is 19.9. The Morgan fingerprint density at radius 1 is 0.974 bits per heavy atom. The third-order valence-electron chi connectivity index (χ3n) is 5.50. The van der Waals surface area contributed by atoms with Gasteiger partial charge in [-0.3, -0.25) is 4.90 Å². The Kier molecular flexibility index (Phi) is 11.3. The Balaban J connectivity index is 0.000000301. The maximum Gasteiger partial charge on any atom is 0.490 e. The van der Waals surface area contributed by atoms with Gasteiger partial charge in [-0.15, -0.1) is 11.3 Å². The highest BCUT2D eigenvalue weighted by Crippen LogP contribution is 2.32. The number of nitrogens with zero attached hydrogens (tertiary/aromatic N) is 4. The quantitative estimate of drug-likeness (QED) is 0.526. The molecule has 2 aliphatic heterocycles. The molecule has 4 rings (SSSR count). The fourth-order valence-electron chi connectivity index (χ4n) is 3.81. The first-order valence-corrected chi connectivity index (χ1v) is 12.1. The smallest absolute Gasteiger partial charge is 0.475 e. The molecule has 212 valence electrons. The Hall–Kier alpha value is -2.98. The number of hydrogen-bond acceptors (Lipinski definition) is 8. The van der Waals surface area contributed by atoms with E-state index >= 15 is 0 Å². The molecule has 0 amide bonds. The molecule has 2 N–H and O–H groups in total. The highest BCUT2D eigenvalue weighted by molar-refractivity contribution is 7.09. The fraction of sp³-hybridized carbons (Fsp3) is 0.545. The zero-order chi connectivity index (χ0) is 28.4. The highest BCUT2D eigenvalue weighted by Gasteiger charge is 2.39. The number of carbonyl (C=O) groups is 2. The van der Waals surface area contributed by atoms with Gasteiger partial charge < -0.3 is 19.8 Å². The molecule has 0 radical (unpaired) electrons. The Morgan fingerprint density at radius 2 is 1.58 bits per heavy atom. The van der Waals surface area contributed by atoms with Gasteiger partial charge >= 0.3 is 24.3 Å². The molecule has 2 fully saturated rings. The highest BCUT2D eigenvalue weighted by atomic mass is 32.1. The lowest BCUT2D eigenvalue weighted by Crippen LogP contribution is -2.51. The van der Waals surface area contributed by atoms with Crippen LogP contribution in [0, 0.1) is 0 Å². The molecule has 1 spiro atoms. The summed E-state index contributed by atoms with van der Waals surface area (Å²) in [5.74, 6) is -4.67. The summed E-state index contributed by atoms with van der Waals surface area (Å²) in [5, 5.41) is 16.4. The largest absolute Gasteiger partial charge is 0.490 e. The monoisotopic (exact) mass is 572 g/mol. The molecule has 9 nitrogen and oxygen atoms in total. The van der Waals surface area contributed by atoms with Crippen LogP contribution in [-0.2, 0) is 20.9 Å². The number of anilines is 1. The van der Waals surface area contributed by atoms with E-state index in [-0.39, 0.29) is 5.60 Å². The van der Waals surface area contributed by atoms with Crippen LogP contribution < -0.4 is 4.90 Å². The third kappa shape index (κ3) is 10.4. The van der Waals surface area contributed by atoms with Crippen molar-refractivity contribution in [2.24, 2.45) is 0 Å². The normalized spacial score (nSPS) is 20.4. The predicted octanol–water partition coefficient (Wildman–Crippen LogP) is 4.07. The summed E-state index contributed by atoms with van der Waals surface area (Å²) >= 11 is 1.85. The second-order valence-corrected chi connectivity index (χ2v) is 9.35. The number of ether oxygens (including phenoxy) is 1. The number of thiophene rings is 1. The SMILES string of the molecule is O=C(O)C(F)(F)F.O=C(O)C(F)(F)F.c1cnc(N2CCCC3(CC2)CN(Cc2cccs2)CCO3)nc1. The molecule has 4 heterocycles. The Labute approximate surface area is 217 Å². The van der Waals surface area contributed by atoms with Crippen molar-refractivity contribution in [2.75, 3.05) is 37.7 Å². The number of hydrogen-bond donors (Lipinski definition) is 2. The van der Waals surface area contributed by atoms with Crippen molar-refractivity contribution in [1.29, 1.82) is 0 Å². The molecule has 1 unspecified atom stereocenters. The molecule has 2 saturated heterocycles. The maximum atomic E-state index is 10.6. The van der Waals surface area contributed by atoms with Crippen LogP contribution in [0.15, 0.2) is 36.0 Å². The molecule has 0 aliphatic carbocycles. The van der Waals surface area contributed by atoms with Gasteiger partial charge in [-0.2, -0.15) is 26.3 Å². The van der Waals surface area contributed by atoms with Crippen LogP contribution in [0.4, 0.5) is 32.3 Å². The first-order valence-electron chi connectivity index (χ1n) is 11.2. The van der Waals surface area contributed by atoms with Gasteiger partial charge in [-0.1, -0.05) is 6.07 Å². The predicted molar refractivity (Wildman–Crippen MR) is 124 cm³/mol. The third-order valence-corrected chi connectivity index (χ3v) is 6.37. The number of alkyl halides is 6. The fourth-order valence-corrected chi connectivity index (χ4v) is 4.55. The minimum absolute atomic E-state index is 0.000952. The number of rotatable bonds is 3.